The van der Waals surface area contributed by atoms with Gasteiger partial charge < -0.3 is 0 Å². The molecule has 0 heterocycles. The molecule has 4 aromatic carbocycles. The number of rotatable bonds is 9. The minimum absolute atomic E-state index is 0.117. The molecule has 0 spiro atoms. The molecule has 176 valence electrons. The SMILES string of the molecule is COC(C[PH](c1ccccc1)(c1ccccc1)c1ccccc1)OS(=O)(=O)c1ccc(C)cc1. The van der Waals surface area contributed by atoms with Gasteiger partial charge in [-0.25, -0.2) is 0 Å². The van der Waals surface area contributed by atoms with Crippen molar-refractivity contribution in [2.45, 2.75) is 18.1 Å². The van der Waals surface area contributed by atoms with E-state index in [0.29, 0.717) is 6.16 Å². The third-order valence-corrected chi connectivity index (χ3v) is 12.3. The molecule has 4 rings (SSSR count). The van der Waals surface area contributed by atoms with E-state index in [2.05, 4.69) is 36.4 Å². The molecule has 0 aromatic heterocycles. The van der Waals surface area contributed by atoms with Crippen LogP contribution < -0.4 is 15.9 Å². The predicted molar refractivity (Wildman–Crippen MR) is 142 cm³/mol. The quantitative estimate of drug-likeness (QED) is 0.198. The fraction of sp³-hybridized carbons (Fsp3) is 0.143. The Labute approximate surface area is 202 Å². The summed E-state index contributed by atoms with van der Waals surface area (Å²) in [7, 11) is -5.25. The van der Waals surface area contributed by atoms with Crippen LogP contribution >= 0.6 is 7.26 Å². The summed E-state index contributed by atoms with van der Waals surface area (Å²) in [6.07, 6.45) is -0.564. The van der Waals surface area contributed by atoms with E-state index in [9.17, 15) is 8.42 Å². The van der Waals surface area contributed by atoms with Gasteiger partial charge in [-0.15, -0.1) is 0 Å². The van der Waals surface area contributed by atoms with Gasteiger partial charge in [0.25, 0.3) is 0 Å². The summed E-state index contributed by atoms with van der Waals surface area (Å²) in [4.78, 5) is 0.117. The second-order valence-corrected chi connectivity index (χ2v) is 13.8. The molecule has 4 aromatic rings. The molecular formula is C28H29O4PS. The molecular weight excluding hydrogens is 463 g/mol. The summed E-state index contributed by atoms with van der Waals surface area (Å²) < 4.78 is 37.6. The zero-order valence-electron chi connectivity index (χ0n) is 19.3. The zero-order valence-corrected chi connectivity index (χ0v) is 21.1. The Bertz CT molecular complexity index is 1200. The van der Waals surface area contributed by atoms with Gasteiger partial charge in [-0.1, -0.05) is 0 Å². The van der Waals surface area contributed by atoms with Crippen molar-refractivity contribution in [3.63, 3.8) is 0 Å². The summed E-state index contributed by atoms with van der Waals surface area (Å²) in [5.41, 5.74) is 0.978. The van der Waals surface area contributed by atoms with Gasteiger partial charge in [-0.3, -0.25) is 0 Å². The number of aryl methyl sites for hydroxylation is 1. The molecule has 0 radical (unpaired) electrons. The van der Waals surface area contributed by atoms with Gasteiger partial charge in [-0.05, 0) is 0 Å². The van der Waals surface area contributed by atoms with Crippen molar-refractivity contribution in [3.05, 3.63) is 121 Å². The normalized spacial score (nSPS) is 13.4. The van der Waals surface area contributed by atoms with E-state index in [-0.39, 0.29) is 4.90 Å². The van der Waals surface area contributed by atoms with Crippen molar-refractivity contribution in [1.29, 1.82) is 0 Å². The molecule has 0 aliphatic heterocycles. The molecule has 4 nitrogen and oxygen atoms in total. The van der Waals surface area contributed by atoms with Crippen LogP contribution in [0.4, 0.5) is 0 Å². The first-order valence-corrected chi connectivity index (χ1v) is 14.8. The van der Waals surface area contributed by atoms with Crippen LogP contribution in [0.2, 0.25) is 0 Å². The first-order valence-electron chi connectivity index (χ1n) is 11.1. The summed E-state index contributed by atoms with van der Waals surface area (Å²) in [5, 5.41) is 3.47. The Morgan fingerprint density at radius 1 is 0.676 bits per heavy atom. The molecule has 0 saturated heterocycles. The first kappa shape index (κ1) is 24.3. The van der Waals surface area contributed by atoms with Gasteiger partial charge in [-0.2, -0.15) is 0 Å². The molecule has 1 atom stereocenters. The van der Waals surface area contributed by atoms with E-state index < -0.39 is 23.7 Å². The van der Waals surface area contributed by atoms with Crippen molar-refractivity contribution in [2.75, 3.05) is 13.3 Å². The number of ether oxygens (including phenoxy) is 1. The van der Waals surface area contributed by atoms with Crippen molar-refractivity contribution < 1.29 is 17.3 Å². The second kappa shape index (κ2) is 10.6. The maximum atomic E-state index is 13.1. The standard InChI is InChI=1S/C28H29O4PS/c1-23-18-20-27(21-19-23)34(29,30)32-28(31-2)22-33(24-12-6-3-7-13-24,25-14-8-4-9-15-25)26-16-10-5-11-17-26/h3-21,28,33H,22H2,1-2H3. The van der Waals surface area contributed by atoms with Gasteiger partial charge in [0.05, 0.1) is 0 Å². The Kier molecular flexibility index (Phi) is 7.60. The number of methoxy groups -OCH3 is 1. The average molecular weight is 493 g/mol. The van der Waals surface area contributed by atoms with Gasteiger partial charge in [0, 0.05) is 0 Å². The van der Waals surface area contributed by atoms with Crippen LogP contribution in [0.5, 0.6) is 0 Å². The Morgan fingerprint density at radius 3 is 1.47 bits per heavy atom. The summed E-state index contributed by atoms with van der Waals surface area (Å²) in [5.74, 6) is 0. The number of hydrogen-bond acceptors (Lipinski definition) is 4. The molecule has 0 fully saturated rings. The fourth-order valence-electron chi connectivity index (χ4n) is 4.33. The van der Waals surface area contributed by atoms with Crippen LogP contribution in [0.1, 0.15) is 5.56 Å². The van der Waals surface area contributed by atoms with E-state index in [0.717, 1.165) is 21.5 Å². The van der Waals surface area contributed by atoms with Crippen LogP contribution in [-0.2, 0) is 19.0 Å². The van der Waals surface area contributed by atoms with Crippen molar-refractivity contribution >= 4 is 33.3 Å². The van der Waals surface area contributed by atoms with Crippen LogP contribution in [-0.4, -0.2) is 28.0 Å². The number of hydrogen-bond donors (Lipinski definition) is 0. The Morgan fingerprint density at radius 2 is 1.09 bits per heavy atom. The topological polar surface area (TPSA) is 52.6 Å². The van der Waals surface area contributed by atoms with Crippen LogP contribution in [0.3, 0.4) is 0 Å². The van der Waals surface area contributed by atoms with Gasteiger partial charge in [0.15, 0.2) is 0 Å². The minimum atomic E-state index is -4.01. The summed E-state index contributed by atoms with van der Waals surface area (Å²) >= 11 is 0. The van der Waals surface area contributed by atoms with Crippen LogP contribution in [0.15, 0.2) is 120 Å². The molecule has 0 aliphatic rings. The Balaban J connectivity index is 1.82. The predicted octanol–water partition coefficient (Wildman–Crippen LogP) is 4.40. The third kappa shape index (κ3) is 5.13. The van der Waals surface area contributed by atoms with Gasteiger partial charge in [0.2, 0.25) is 0 Å². The summed E-state index contributed by atoms with van der Waals surface area (Å²) in [6, 6.07) is 37.5. The summed E-state index contributed by atoms with van der Waals surface area (Å²) in [6.45, 7) is 1.91. The van der Waals surface area contributed by atoms with E-state index in [1.807, 2.05) is 61.5 Å². The molecule has 0 N–H and O–H groups in total. The molecule has 6 heteroatoms. The molecule has 1 unspecified atom stereocenters. The fourth-order valence-corrected chi connectivity index (χ4v) is 10.2. The second-order valence-electron chi connectivity index (χ2n) is 8.24. The van der Waals surface area contributed by atoms with Gasteiger partial charge >= 0.3 is 203 Å². The number of benzene rings is 4. The maximum absolute atomic E-state index is 13.1. The molecule has 0 aliphatic carbocycles. The van der Waals surface area contributed by atoms with Crippen molar-refractivity contribution in [3.8, 4) is 0 Å². The monoisotopic (exact) mass is 492 g/mol. The van der Waals surface area contributed by atoms with Crippen molar-refractivity contribution in [1.82, 2.24) is 0 Å². The average Bonchev–Trinajstić information content (AvgIpc) is 2.88. The third-order valence-electron chi connectivity index (χ3n) is 6.08. The Hall–Kier alpha value is -2.82. The van der Waals surface area contributed by atoms with Crippen LogP contribution in [0, 0.1) is 6.92 Å². The zero-order chi connectivity index (χ0) is 24.0. The van der Waals surface area contributed by atoms with E-state index in [1.54, 1.807) is 24.3 Å². The molecule has 0 saturated carbocycles. The van der Waals surface area contributed by atoms with Gasteiger partial charge in [0.1, 0.15) is 0 Å². The van der Waals surface area contributed by atoms with E-state index in [1.165, 1.54) is 7.11 Å². The van der Waals surface area contributed by atoms with E-state index >= 15 is 0 Å². The molecule has 0 amide bonds. The van der Waals surface area contributed by atoms with Crippen LogP contribution in [0.25, 0.3) is 0 Å². The van der Waals surface area contributed by atoms with Crippen molar-refractivity contribution in [2.24, 2.45) is 0 Å². The van der Waals surface area contributed by atoms with E-state index in [4.69, 9.17) is 8.92 Å². The molecule has 0 bridgehead atoms. The first-order chi connectivity index (χ1) is 16.5. The molecule has 34 heavy (non-hydrogen) atoms.